The number of thiazole rings is 1. The van der Waals surface area contributed by atoms with E-state index in [0.29, 0.717) is 0 Å². The number of amides is 1. The molecule has 0 radical (unpaired) electrons. The summed E-state index contributed by atoms with van der Waals surface area (Å²) in [4.78, 5) is 16.5. The molecule has 1 aromatic heterocycles. The van der Waals surface area contributed by atoms with Gasteiger partial charge in [0.25, 0.3) is 0 Å². The highest BCUT2D eigenvalue weighted by Gasteiger charge is 2.29. The summed E-state index contributed by atoms with van der Waals surface area (Å²) < 4.78 is 0. The smallest absolute Gasteiger partial charge is 0.227 e. The summed E-state index contributed by atoms with van der Waals surface area (Å²) in [6.07, 6.45) is 2.04. The molecule has 3 aromatic rings. The van der Waals surface area contributed by atoms with E-state index in [1.54, 1.807) is 11.3 Å². The maximum atomic E-state index is 11.8. The van der Waals surface area contributed by atoms with E-state index in [4.69, 9.17) is 4.98 Å². The molecule has 1 aliphatic rings. The van der Waals surface area contributed by atoms with Crippen molar-refractivity contribution in [3.63, 3.8) is 0 Å². The Kier molecular flexibility index (Phi) is 3.67. The summed E-state index contributed by atoms with van der Waals surface area (Å²) in [7, 11) is 0. The van der Waals surface area contributed by atoms with Crippen molar-refractivity contribution < 1.29 is 4.79 Å². The van der Waals surface area contributed by atoms with Gasteiger partial charge in [-0.3, -0.25) is 4.79 Å². The summed E-state index contributed by atoms with van der Waals surface area (Å²) in [5, 5.41) is 6.05. The third kappa shape index (κ3) is 3.17. The lowest BCUT2D eigenvalue weighted by molar-refractivity contribution is -0.117. The van der Waals surface area contributed by atoms with E-state index in [9.17, 15) is 4.79 Å². The van der Waals surface area contributed by atoms with E-state index in [0.717, 1.165) is 40.4 Å². The first kappa shape index (κ1) is 14.2. The molecule has 1 aliphatic carbocycles. The quantitative estimate of drug-likeness (QED) is 0.748. The van der Waals surface area contributed by atoms with Crippen molar-refractivity contribution in [2.45, 2.75) is 12.8 Å². The molecule has 0 saturated heterocycles. The van der Waals surface area contributed by atoms with Gasteiger partial charge in [-0.05, 0) is 25.0 Å². The van der Waals surface area contributed by atoms with Crippen molar-refractivity contribution in [1.82, 2.24) is 4.98 Å². The van der Waals surface area contributed by atoms with Gasteiger partial charge in [0, 0.05) is 28.1 Å². The van der Waals surface area contributed by atoms with Crippen LogP contribution in [0.1, 0.15) is 12.8 Å². The highest BCUT2D eigenvalue weighted by Crippen LogP contribution is 2.31. The van der Waals surface area contributed by atoms with E-state index in [2.05, 4.69) is 22.8 Å². The molecule has 1 fully saturated rings. The van der Waals surface area contributed by atoms with Gasteiger partial charge in [0.1, 0.15) is 5.01 Å². The van der Waals surface area contributed by atoms with Crippen LogP contribution in [0.25, 0.3) is 21.8 Å². The summed E-state index contributed by atoms with van der Waals surface area (Å²) in [6, 6.07) is 18.1. The molecular formula is C19H16N2OS. The first-order valence-electron chi connectivity index (χ1n) is 7.72. The van der Waals surface area contributed by atoms with Gasteiger partial charge in [-0.15, -0.1) is 11.3 Å². The Bertz CT molecular complexity index is 820. The number of carbonyl (C=O) groups is 1. The number of aromatic nitrogens is 1. The Morgan fingerprint density at radius 2 is 1.74 bits per heavy atom. The summed E-state index contributed by atoms with van der Waals surface area (Å²) in [5.41, 5.74) is 4.02. The van der Waals surface area contributed by atoms with Crippen molar-refractivity contribution >= 4 is 22.9 Å². The van der Waals surface area contributed by atoms with Gasteiger partial charge in [-0.2, -0.15) is 0 Å². The lowest BCUT2D eigenvalue weighted by Crippen LogP contribution is -2.12. The minimum absolute atomic E-state index is 0.137. The van der Waals surface area contributed by atoms with Crippen LogP contribution in [-0.2, 0) is 4.79 Å². The third-order valence-electron chi connectivity index (χ3n) is 3.92. The molecule has 1 N–H and O–H groups in total. The summed E-state index contributed by atoms with van der Waals surface area (Å²) in [5.74, 6) is 0.361. The predicted octanol–water partition coefficient (Wildman–Crippen LogP) is 4.83. The number of nitrogens with one attached hydrogen (secondary N) is 1. The van der Waals surface area contributed by atoms with Crippen LogP contribution in [0, 0.1) is 5.92 Å². The van der Waals surface area contributed by atoms with Crippen LogP contribution in [0.4, 0.5) is 5.69 Å². The van der Waals surface area contributed by atoms with Crippen molar-refractivity contribution in [1.29, 1.82) is 0 Å². The molecule has 4 heteroatoms. The predicted molar refractivity (Wildman–Crippen MR) is 94.3 cm³/mol. The van der Waals surface area contributed by atoms with Crippen LogP contribution >= 0.6 is 11.3 Å². The molecule has 1 amide bonds. The second kappa shape index (κ2) is 5.97. The monoisotopic (exact) mass is 320 g/mol. The molecule has 0 aliphatic heterocycles. The average molecular weight is 320 g/mol. The fourth-order valence-corrected chi connectivity index (χ4v) is 3.27. The van der Waals surface area contributed by atoms with Crippen LogP contribution in [0.3, 0.4) is 0 Å². The second-order valence-corrected chi connectivity index (χ2v) is 6.60. The van der Waals surface area contributed by atoms with Crippen molar-refractivity contribution in [3.8, 4) is 21.8 Å². The first-order valence-corrected chi connectivity index (χ1v) is 8.60. The van der Waals surface area contributed by atoms with Crippen molar-refractivity contribution in [3.05, 3.63) is 60.0 Å². The van der Waals surface area contributed by atoms with Crippen molar-refractivity contribution in [2.24, 2.45) is 5.92 Å². The molecule has 114 valence electrons. The van der Waals surface area contributed by atoms with Crippen LogP contribution in [-0.4, -0.2) is 10.9 Å². The highest BCUT2D eigenvalue weighted by atomic mass is 32.1. The fourth-order valence-electron chi connectivity index (χ4n) is 2.43. The van der Waals surface area contributed by atoms with Gasteiger partial charge < -0.3 is 5.32 Å². The lowest BCUT2D eigenvalue weighted by Gasteiger charge is -2.04. The SMILES string of the molecule is O=C(Nc1ccc(-c2csc(-c3ccccc3)n2)cc1)C1CC1. The highest BCUT2D eigenvalue weighted by molar-refractivity contribution is 7.13. The molecule has 0 bridgehead atoms. The molecule has 1 saturated carbocycles. The van der Waals surface area contributed by atoms with E-state index in [1.807, 2.05) is 42.5 Å². The first-order chi connectivity index (χ1) is 11.3. The Morgan fingerprint density at radius 3 is 2.43 bits per heavy atom. The zero-order valence-corrected chi connectivity index (χ0v) is 13.3. The molecule has 2 aromatic carbocycles. The van der Waals surface area contributed by atoms with Gasteiger partial charge >= 0.3 is 0 Å². The summed E-state index contributed by atoms with van der Waals surface area (Å²) in [6.45, 7) is 0. The Morgan fingerprint density at radius 1 is 1.00 bits per heavy atom. The minimum atomic E-state index is 0.137. The van der Waals surface area contributed by atoms with Crippen LogP contribution in [0.5, 0.6) is 0 Å². The number of hydrogen-bond acceptors (Lipinski definition) is 3. The maximum absolute atomic E-state index is 11.8. The van der Waals surface area contributed by atoms with Gasteiger partial charge in [0.15, 0.2) is 0 Å². The Labute approximate surface area is 139 Å². The molecule has 0 atom stereocenters. The van der Waals surface area contributed by atoms with Gasteiger partial charge in [-0.25, -0.2) is 4.98 Å². The topological polar surface area (TPSA) is 42.0 Å². The fraction of sp³-hybridized carbons (Fsp3) is 0.158. The Hall–Kier alpha value is -2.46. The number of nitrogens with zero attached hydrogens (tertiary/aromatic N) is 1. The number of benzene rings is 2. The van der Waals surface area contributed by atoms with E-state index in [1.165, 1.54) is 0 Å². The number of hydrogen-bond donors (Lipinski definition) is 1. The average Bonchev–Trinajstić information content (AvgIpc) is 3.34. The van der Waals surface area contributed by atoms with Gasteiger partial charge in [0.2, 0.25) is 5.91 Å². The van der Waals surface area contributed by atoms with Crippen molar-refractivity contribution in [2.75, 3.05) is 5.32 Å². The van der Waals surface area contributed by atoms with Crippen LogP contribution in [0.15, 0.2) is 60.0 Å². The number of anilines is 1. The molecule has 1 heterocycles. The largest absolute Gasteiger partial charge is 0.326 e. The van der Waals surface area contributed by atoms with Crippen LogP contribution in [0.2, 0.25) is 0 Å². The lowest BCUT2D eigenvalue weighted by atomic mass is 10.1. The second-order valence-electron chi connectivity index (χ2n) is 5.74. The molecule has 4 rings (SSSR count). The third-order valence-corrected chi connectivity index (χ3v) is 4.81. The Balaban J connectivity index is 1.52. The maximum Gasteiger partial charge on any atom is 0.227 e. The molecule has 3 nitrogen and oxygen atoms in total. The number of carbonyl (C=O) groups excluding carboxylic acids is 1. The zero-order chi connectivity index (χ0) is 15.6. The molecule has 0 spiro atoms. The molecular weight excluding hydrogens is 304 g/mol. The zero-order valence-electron chi connectivity index (χ0n) is 12.5. The van der Waals surface area contributed by atoms with Gasteiger partial charge in [-0.1, -0.05) is 42.5 Å². The van der Waals surface area contributed by atoms with Gasteiger partial charge in [0.05, 0.1) is 5.69 Å². The minimum Gasteiger partial charge on any atom is -0.326 e. The normalized spacial score (nSPS) is 13.7. The molecule has 23 heavy (non-hydrogen) atoms. The van der Waals surface area contributed by atoms with E-state index in [-0.39, 0.29) is 11.8 Å². The van der Waals surface area contributed by atoms with E-state index < -0.39 is 0 Å². The molecule has 0 unspecified atom stereocenters. The van der Waals surface area contributed by atoms with E-state index >= 15 is 0 Å². The number of rotatable bonds is 4. The standard InChI is InChI=1S/C19H16N2OS/c22-18(14-6-7-14)20-16-10-8-13(9-11-16)17-12-23-19(21-17)15-4-2-1-3-5-15/h1-5,8-12,14H,6-7H2,(H,20,22). The summed E-state index contributed by atoms with van der Waals surface area (Å²) >= 11 is 1.64. The van der Waals surface area contributed by atoms with Crippen LogP contribution < -0.4 is 5.32 Å².